The van der Waals surface area contributed by atoms with Crippen LogP contribution < -0.4 is 5.73 Å². The predicted octanol–water partition coefficient (Wildman–Crippen LogP) is 4.16. The van der Waals surface area contributed by atoms with Crippen molar-refractivity contribution in [3.63, 3.8) is 0 Å². The van der Waals surface area contributed by atoms with Gasteiger partial charge in [-0.2, -0.15) is 0 Å². The molecule has 19 heavy (non-hydrogen) atoms. The molecule has 1 saturated carbocycles. The van der Waals surface area contributed by atoms with Crippen molar-refractivity contribution >= 4 is 17.0 Å². The zero-order chi connectivity index (χ0) is 13.7. The van der Waals surface area contributed by atoms with E-state index in [9.17, 15) is 0 Å². The van der Waals surface area contributed by atoms with E-state index in [0.29, 0.717) is 6.54 Å². The molecule has 2 N–H and O–H groups in total. The Morgan fingerprint density at radius 3 is 2.58 bits per heavy atom. The molecule has 1 aliphatic carbocycles. The van der Waals surface area contributed by atoms with Gasteiger partial charge in [0.15, 0.2) is 0 Å². The van der Waals surface area contributed by atoms with Crippen molar-refractivity contribution in [1.82, 2.24) is 0 Å². The normalized spacial score (nSPS) is 18.6. The first-order chi connectivity index (χ1) is 9.24. The molecule has 2 rings (SSSR count). The first-order valence-electron chi connectivity index (χ1n) is 7.50. The summed E-state index contributed by atoms with van der Waals surface area (Å²) >= 11 is 1.90. The van der Waals surface area contributed by atoms with Crippen molar-refractivity contribution in [2.24, 2.45) is 16.6 Å². The first kappa shape index (κ1) is 14.7. The van der Waals surface area contributed by atoms with Crippen LogP contribution in [0.25, 0.3) is 0 Å². The summed E-state index contributed by atoms with van der Waals surface area (Å²) in [6, 6.07) is 2.25. The third kappa shape index (κ3) is 3.90. The molecule has 0 saturated heterocycles. The number of thiophene rings is 1. The van der Waals surface area contributed by atoms with E-state index in [-0.39, 0.29) is 0 Å². The van der Waals surface area contributed by atoms with Crippen molar-refractivity contribution in [2.45, 2.75) is 58.4 Å². The highest BCUT2D eigenvalue weighted by atomic mass is 32.1. The lowest BCUT2D eigenvalue weighted by Gasteiger charge is -2.13. The second kappa shape index (κ2) is 7.20. The standard InChI is InChI=1S/C16H26N2S/c1-12(18-2)15-10-14(11-17)19-16(15)9-13-7-5-3-4-6-8-13/h10,13H,3-9,11,17H2,1-2H3. The van der Waals surface area contributed by atoms with Gasteiger partial charge in [0.25, 0.3) is 0 Å². The van der Waals surface area contributed by atoms with Crippen molar-refractivity contribution in [3.05, 3.63) is 21.4 Å². The summed E-state index contributed by atoms with van der Waals surface area (Å²) in [6.45, 7) is 2.76. The molecule has 1 aliphatic rings. The van der Waals surface area contributed by atoms with E-state index < -0.39 is 0 Å². The lowest BCUT2D eigenvalue weighted by molar-refractivity contribution is 0.461. The Bertz CT molecular complexity index is 426. The topological polar surface area (TPSA) is 38.4 Å². The van der Waals surface area contributed by atoms with Crippen LogP contribution in [0, 0.1) is 5.92 Å². The highest BCUT2D eigenvalue weighted by Crippen LogP contribution is 2.31. The minimum absolute atomic E-state index is 0.652. The van der Waals surface area contributed by atoms with Crippen LogP contribution in [0.2, 0.25) is 0 Å². The van der Waals surface area contributed by atoms with Gasteiger partial charge in [-0.3, -0.25) is 4.99 Å². The summed E-state index contributed by atoms with van der Waals surface area (Å²) in [7, 11) is 1.88. The summed E-state index contributed by atoms with van der Waals surface area (Å²) in [6.07, 6.45) is 9.71. The molecule has 0 aromatic carbocycles. The van der Waals surface area contributed by atoms with Gasteiger partial charge in [-0.25, -0.2) is 0 Å². The number of hydrogen-bond acceptors (Lipinski definition) is 3. The largest absolute Gasteiger partial charge is 0.326 e. The van der Waals surface area contributed by atoms with Gasteiger partial charge >= 0.3 is 0 Å². The molecule has 0 aliphatic heterocycles. The molecular weight excluding hydrogens is 252 g/mol. The van der Waals surface area contributed by atoms with Crippen LogP contribution in [0.15, 0.2) is 11.1 Å². The molecule has 106 valence electrons. The Hall–Kier alpha value is -0.670. The van der Waals surface area contributed by atoms with E-state index in [2.05, 4.69) is 18.0 Å². The second-order valence-corrected chi connectivity index (χ2v) is 6.85. The fourth-order valence-electron chi connectivity index (χ4n) is 2.99. The third-order valence-corrected chi connectivity index (χ3v) is 5.41. The van der Waals surface area contributed by atoms with Crippen LogP contribution in [-0.4, -0.2) is 12.8 Å². The van der Waals surface area contributed by atoms with Crippen molar-refractivity contribution in [2.75, 3.05) is 7.05 Å². The van der Waals surface area contributed by atoms with Crippen LogP contribution in [0.5, 0.6) is 0 Å². The Morgan fingerprint density at radius 1 is 1.32 bits per heavy atom. The number of nitrogens with zero attached hydrogens (tertiary/aromatic N) is 1. The van der Waals surface area contributed by atoms with Crippen molar-refractivity contribution in [1.29, 1.82) is 0 Å². The Morgan fingerprint density at radius 2 is 2.00 bits per heavy atom. The second-order valence-electron chi connectivity index (χ2n) is 5.62. The summed E-state index contributed by atoms with van der Waals surface area (Å²) in [5, 5.41) is 0. The zero-order valence-electron chi connectivity index (χ0n) is 12.2. The molecule has 1 aromatic rings. The van der Waals surface area contributed by atoms with Crippen LogP contribution >= 0.6 is 11.3 Å². The van der Waals surface area contributed by atoms with E-state index in [0.717, 1.165) is 11.6 Å². The summed E-state index contributed by atoms with van der Waals surface area (Å²) < 4.78 is 0. The lowest BCUT2D eigenvalue weighted by Crippen LogP contribution is -2.05. The predicted molar refractivity (Wildman–Crippen MR) is 85.2 cm³/mol. The number of hydrogen-bond donors (Lipinski definition) is 1. The molecule has 1 aromatic heterocycles. The quantitative estimate of drug-likeness (QED) is 0.652. The smallest absolute Gasteiger partial charge is 0.0397 e. The maximum atomic E-state index is 5.80. The molecule has 0 atom stereocenters. The Kier molecular flexibility index (Phi) is 5.59. The minimum atomic E-state index is 0.652. The van der Waals surface area contributed by atoms with Gasteiger partial charge in [-0.1, -0.05) is 38.5 Å². The average Bonchev–Trinajstić information content (AvgIpc) is 2.65. The van der Waals surface area contributed by atoms with Gasteiger partial charge in [0.05, 0.1) is 0 Å². The van der Waals surface area contributed by atoms with E-state index in [4.69, 9.17) is 5.73 Å². The minimum Gasteiger partial charge on any atom is -0.326 e. The Labute approximate surface area is 121 Å². The summed E-state index contributed by atoms with van der Waals surface area (Å²) in [4.78, 5) is 7.16. The number of nitrogens with two attached hydrogens (primary N) is 1. The molecule has 0 amide bonds. The molecule has 0 bridgehead atoms. The van der Waals surface area contributed by atoms with Gasteiger partial charge in [0, 0.05) is 34.6 Å². The number of aliphatic imine (C=N–C) groups is 1. The SMILES string of the molecule is CN=C(C)c1cc(CN)sc1CC1CCCCCC1. The van der Waals surface area contributed by atoms with Crippen molar-refractivity contribution in [3.8, 4) is 0 Å². The fourth-order valence-corrected chi connectivity index (χ4v) is 4.21. The fraction of sp³-hybridized carbons (Fsp3) is 0.688. The average molecular weight is 278 g/mol. The molecule has 3 heteroatoms. The van der Waals surface area contributed by atoms with Gasteiger partial charge in [0.1, 0.15) is 0 Å². The molecule has 1 fully saturated rings. The van der Waals surface area contributed by atoms with Crippen LogP contribution in [0.1, 0.15) is 60.8 Å². The molecular formula is C16H26N2S. The van der Waals surface area contributed by atoms with Gasteiger partial charge in [-0.05, 0) is 25.3 Å². The van der Waals surface area contributed by atoms with E-state index in [1.54, 1.807) is 0 Å². The zero-order valence-corrected chi connectivity index (χ0v) is 13.1. The molecule has 0 radical (unpaired) electrons. The highest BCUT2D eigenvalue weighted by molar-refractivity contribution is 7.12. The first-order valence-corrected chi connectivity index (χ1v) is 8.31. The van der Waals surface area contributed by atoms with Crippen LogP contribution in [-0.2, 0) is 13.0 Å². The maximum absolute atomic E-state index is 5.80. The highest BCUT2D eigenvalue weighted by Gasteiger charge is 2.17. The van der Waals surface area contributed by atoms with Crippen LogP contribution in [0.4, 0.5) is 0 Å². The Balaban J connectivity index is 2.15. The lowest BCUT2D eigenvalue weighted by atomic mass is 9.94. The van der Waals surface area contributed by atoms with Gasteiger partial charge in [-0.15, -0.1) is 11.3 Å². The molecule has 1 heterocycles. The van der Waals surface area contributed by atoms with E-state index in [1.807, 2.05) is 18.4 Å². The number of rotatable bonds is 4. The third-order valence-electron chi connectivity index (χ3n) is 4.24. The van der Waals surface area contributed by atoms with Gasteiger partial charge < -0.3 is 5.73 Å². The van der Waals surface area contributed by atoms with Crippen molar-refractivity contribution < 1.29 is 0 Å². The monoisotopic (exact) mass is 278 g/mol. The molecule has 0 spiro atoms. The summed E-state index contributed by atoms with van der Waals surface area (Å²) in [5.74, 6) is 0.871. The van der Waals surface area contributed by atoms with Crippen LogP contribution in [0.3, 0.4) is 0 Å². The maximum Gasteiger partial charge on any atom is 0.0397 e. The van der Waals surface area contributed by atoms with E-state index >= 15 is 0 Å². The van der Waals surface area contributed by atoms with E-state index in [1.165, 1.54) is 60.3 Å². The van der Waals surface area contributed by atoms with Gasteiger partial charge in [0.2, 0.25) is 0 Å². The molecule has 0 unspecified atom stereocenters. The molecule has 2 nitrogen and oxygen atoms in total. The summed E-state index contributed by atoms with van der Waals surface area (Å²) in [5.41, 5.74) is 8.30.